The normalized spacial score (nSPS) is 13.7. The number of alkyl halides is 1. The first kappa shape index (κ1) is 14.2. The van der Waals surface area contributed by atoms with E-state index in [9.17, 15) is 8.42 Å². The highest BCUT2D eigenvalue weighted by Gasteiger charge is 2.16. The van der Waals surface area contributed by atoms with Crippen molar-refractivity contribution in [2.75, 3.05) is 5.33 Å². The summed E-state index contributed by atoms with van der Waals surface area (Å²) < 4.78 is 27.3. The van der Waals surface area contributed by atoms with Gasteiger partial charge in [0.1, 0.15) is 0 Å². The monoisotopic (exact) mass is 369 g/mol. The molecule has 6 heteroatoms. The van der Waals surface area contributed by atoms with Gasteiger partial charge in [-0.25, -0.2) is 13.1 Å². The lowest BCUT2D eigenvalue weighted by Gasteiger charge is -2.12. The molecule has 0 spiro atoms. The molecule has 0 aliphatic carbocycles. The van der Waals surface area contributed by atoms with Crippen molar-refractivity contribution in [3.63, 3.8) is 0 Å². The molecule has 0 radical (unpaired) electrons. The Balaban J connectivity index is 2.82. The largest absolute Gasteiger partial charge is 0.240 e. The molecule has 1 aromatic rings. The van der Waals surface area contributed by atoms with Crippen LogP contribution in [0.4, 0.5) is 0 Å². The van der Waals surface area contributed by atoms with E-state index in [2.05, 4.69) is 36.6 Å². The number of sulfonamides is 1. The molecule has 16 heavy (non-hydrogen) atoms. The molecule has 0 amide bonds. The quantitative estimate of drug-likeness (QED) is 0.810. The highest BCUT2D eigenvalue weighted by molar-refractivity contribution is 9.10. The molecule has 0 heterocycles. The van der Waals surface area contributed by atoms with E-state index >= 15 is 0 Å². The van der Waals surface area contributed by atoms with E-state index in [1.54, 1.807) is 24.3 Å². The molecule has 0 saturated heterocycles. The van der Waals surface area contributed by atoms with Crippen LogP contribution in [0.1, 0.15) is 13.3 Å². The summed E-state index contributed by atoms with van der Waals surface area (Å²) in [5, 5.41) is 0.775. The van der Waals surface area contributed by atoms with E-state index in [-0.39, 0.29) is 10.9 Å². The third-order valence-electron chi connectivity index (χ3n) is 2.02. The Morgan fingerprint density at radius 1 is 1.31 bits per heavy atom. The molecule has 1 N–H and O–H groups in total. The lowest BCUT2D eigenvalue weighted by Crippen LogP contribution is -2.32. The maximum Gasteiger partial charge on any atom is 0.240 e. The number of nitrogens with one attached hydrogen (secondary N) is 1. The van der Waals surface area contributed by atoms with Crippen molar-refractivity contribution < 1.29 is 8.42 Å². The van der Waals surface area contributed by atoms with E-state index in [0.717, 1.165) is 16.2 Å². The average Bonchev–Trinajstić information content (AvgIpc) is 2.17. The van der Waals surface area contributed by atoms with Crippen molar-refractivity contribution in [3.05, 3.63) is 28.7 Å². The van der Waals surface area contributed by atoms with Crippen molar-refractivity contribution in [3.8, 4) is 0 Å². The Morgan fingerprint density at radius 3 is 2.38 bits per heavy atom. The van der Waals surface area contributed by atoms with Crippen LogP contribution in [0.3, 0.4) is 0 Å². The van der Waals surface area contributed by atoms with Gasteiger partial charge in [0.05, 0.1) is 4.90 Å². The van der Waals surface area contributed by atoms with Gasteiger partial charge < -0.3 is 0 Å². The van der Waals surface area contributed by atoms with Gasteiger partial charge in [-0.3, -0.25) is 0 Å². The molecule has 90 valence electrons. The number of rotatable bonds is 5. The highest BCUT2D eigenvalue weighted by atomic mass is 79.9. The van der Waals surface area contributed by atoms with Gasteiger partial charge >= 0.3 is 0 Å². The molecule has 0 aliphatic heterocycles. The molecule has 1 aromatic carbocycles. The fourth-order valence-electron chi connectivity index (χ4n) is 1.17. The average molecular weight is 371 g/mol. The summed E-state index contributed by atoms with van der Waals surface area (Å²) in [6.07, 6.45) is 0.760. The number of hydrogen-bond acceptors (Lipinski definition) is 2. The van der Waals surface area contributed by atoms with Gasteiger partial charge in [0, 0.05) is 15.8 Å². The molecule has 0 aromatic heterocycles. The Bertz CT molecular complexity index is 431. The SMILES string of the molecule is CC(CCBr)NS(=O)(=O)c1ccc(Br)cc1. The first-order valence-corrected chi connectivity index (χ1v) is 8.19. The summed E-state index contributed by atoms with van der Waals surface area (Å²) in [6, 6.07) is 6.50. The fourth-order valence-corrected chi connectivity index (χ4v) is 3.40. The predicted octanol–water partition coefficient (Wildman–Crippen LogP) is 2.90. The zero-order valence-electron chi connectivity index (χ0n) is 8.78. The summed E-state index contributed by atoms with van der Waals surface area (Å²) in [5.41, 5.74) is 0. The second kappa shape index (κ2) is 6.14. The fraction of sp³-hybridized carbons (Fsp3) is 0.400. The Labute approximate surface area is 113 Å². The van der Waals surface area contributed by atoms with Gasteiger partial charge in [0.15, 0.2) is 0 Å². The Morgan fingerprint density at radius 2 is 1.88 bits per heavy atom. The van der Waals surface area contributed by atoms with Crippen molar-refractivity contribution in [2.24, 2.45) is 0 Å². The highest BCUT2D eigenvalue weighted by Crippen LogP contribution is 2.15. The molecule has 0 saturated carbocycles. The summed E-state index contributed by atoms with van der Waals surface area (Å²) >= 11 is 6.55. The van der Waals surface area contributed by atoms with Crippen LogP contribution in [0.25, 0.3) is 0 Å². The van der Waals surface area contributed by atoms with E-state index in [1.807, 2.05) is 6.92 Å². The van der Waals surface area contributed by atoms with Gasteiger partial charge in [0.2, 0.25) is 10.0 Å². The van der Waals surface area contributed by atoms with Crippen molar-refractivity contribution in [2.45, 2.75) is 24.3 Å². The molecule has 0 bridgehead atoms. The molecule has 1 unspecified atom stereocenters. The van der Waals surface area contributed by atoms with Gasteiger partial charge in [-0.05, 0) is 37.6 Å². The molecule has 1 atom stereocenters. The summed E-state index contributed by atoms with van der Waals surface area (Å²) in [6.45, 7) is 1.84. The van der Waals surface area contributed by atoms with Crippen LogP contribution in [-0.4, -0.2) is 19.8 Å². The van der Waals surface area contributed by atoms with Crippen molar-refractivity contribution >= 4 is 41.9 Å². The topological polar surface area (TPSA) is 46.2 Å². The number of halogens is 2. The second-order valence-electron chi connectivity index (χ2n) is 3.45. The maximum atomic E-state index is 11.9. The minimum absolute atomic E-state index is 0.0759. The second-order valence-corrected chi connectivity index (χ2v) is 6.88. The molecule has 1 rings (SSSR count). The van der Waals surface area contributed by atoms with Crippen molar-refractivity contribution in [1.82, 2.24) is 4.72 Å². The zero-order valence-corrected chi connectivity index (χ0v) is 12.8. The van der Waals surface area contributed by atoms with Gasteiger partial charge in [-0.15, -0.1) is 0 Å². The van der Waals surface area contributed by atoms with Crippen LogP contribution in [0.5, 0.6) is 0 Å². The first-order chi connectivity index (χ1) is 7.45. The molecular formula is C10H13Br2NO2S. The smallest absolute Gasteiger partial charge is 0.208 e. The van der Waals surface area contributed by atoms with Crippen LogP contribution in [0, 0.1) is 0 Å². The zero-order chi connectivity index (χ0) is 12.2. The Kier molecular flexibility index (Phi) is 5.43. The standard InChI is InChI=1S/C10H13Br2NO2S/c1-8(6-7-11)13-16(14,15)10-4-2-9(12)3-5-10/h2-5,8,13H,6-7H2,1H3. The predicted molar refractivity (Wildman–Crippen MR) is 72.3 cm³/mol. The summed E-state index contributed by atoms with van der Waals surface area (Å²) in [7, 11) is -3.39. The van der Waals surface area contributed by atoms with Crippen LogP contribution >= 0.6 is 31.9 Å². The molecule has 3 nitrogen and oxygen atoms in total. The number of benzene rings is 1. The third kappa shape index (κ3) is 4.16. The van der Waals surface area contributed by atoms with E-state index in [4.69, 9.17) is 0 Å². The lowest BCUT2D eigenvalue weighted by molar-refractivity contribution is 0.557. The van der Waals surface area contributed by atoms with Crippen LogP contribution in [-0.2, 0) is 10.0 Å². The van der Waals surface area contributed by atoms with Crippen molar-refractivity contribution in [1.29, 1.82) is 0 Å². The van der Waals surface area contributed by atoms with E-state index < -0.39 is 10.0 Å². The molecular weight excluding hydrogens is 358 g/mol. The van der Waals surface area contributed by atoms with Crippen LogP contribution in [0.2, 0.25) is 0 Å². The lowest BCUT2D eigenvalue weighted by atomic mass is 10.3. The maximum absolute atomic E-state index is 11.9. The molecule has 0 aliphatic rings. The third-order valence-corrected chi connectivity index (χ3v) is 4.61. The number of hydrogen-bond donors (Lipinski definition) is 1. The van der Waals surface area contributed by atoms with Gasteiger partial charge in [-0.2, -0.15) is 0 Å². The van der Waals surface area contributed by atoms with Gasteiger partial charge in [0.25, 0.3) is 0 Å². The summed E-state index contributed by atoms with van der Waals surface area (Å²) in [5.74, 6) is 0. The van der Waals surface area contributed by atoms with Crippen LogP contribution in [0.15, 0.2) is 33.6 Å². The minimum Gasteiger partial charge on any atom is -0.208 e. The van der Waals surface area contributed by atoms with Crippen LogP contribution < -0.4 is 4.72 Å². The Hall–Kier alpha value is 0.0900. The van der Waals surface area contributed by atoms with E-state index in [0.29, 0.717) is 0 Å². The molecule has 0 fully saturated rings. The van der Waals surface area contributed by atoms with E-state index in [1.165, 1.54) is 0 Å². The summed E-state index contributed by atoms with van der Waals surface area (Å²) in [4.78, 5) is 0.289. The minimum atomic E-state index is -3.39. The first-order valence-electron chi connectivity index (χ1n) is 4.79. The van der Waals surface area contributed by atoms with Gasteiger partial charge in [-0.1, -0.05) is 31.9 Å².